The van der Waals surface area contributed by atoms with Crippen LogP contribution < -0.4 is 0 Å². The number of carbonyl (C=O) groups excluding carboxylic acids is 1. The number of hydrogen-bond acceptors (Lipinski definition) is 3. The van der Waals surface area contributed by atoms with Crippen LogP contribution in [0, 0.1) is 0 Å². The molecule has 0 heterocycles. The van der Waals surface area contributed by atoms with Gasteiger partial charge in [0.2, 0.25) is 5.91 Å². The van der Waals surface area contributed by atoms with Crippen molar-refractivity contribution in [2.45, 2.75) is 26.2 Å². The Kier molecular flexibility index (Phi) is 6.70. The Labute approximate surface area is 73.1 Å². The second-order valence-electron chi connectivity index (χ2n) is 2.63. The third kappa shape index (κ3) is 6.12. The molecule has 1 amide bonds. The summed E-state index contributed by atoms with van der Waals surface area (Å²) in [5.74, 6) is -0.0999. The van der Waals surface area contributed by atoms with Gasteiger partial charge in [0, 0.05) is 20.6 Å². The third-order valence-corrected chi connectivity index (χ3v) is 1.53. The number of aliphatic hydroxyl groups excluding tert-OH is 1. The van der Waals surface area contributed by atoms with Crippen molar-refractivity contribution in [3.05, 3.63) is 0 Å². The van der Waals surface area contributed by atoms with Crippen molar-refractivity contribution in [2.24, 2.45) is 0 Å². The van der Waals surface area contributed by atoms with Crippen LogP contribution in [-0.2, 0) is 9.63 Å². The van der Waals surface area contributed by atoms with Crippen LogP contribution in [0.25, 0.3) is 0 Å². The highest BCUT2D eigenvalue weighted by atomic mass is 16.7. The van der Waals surface area contributed by atoms with Gasteiger partial charge in [-0.05, 0) is 19.3 Å². The minimum Gasteiger partial charge on any atom is -0.396 e. The molecule has 4 heteroatoms. The van der Waals surface area contributed by atoms with Crippen LogP contribution in [0.15, 0.2) is 0 Å². The van der Waals surface area contributed by atoms with Gasteiger partial charge in [-0.3, -0.25) is 9.63 Å². The summed E-state index contributed by atoms with van der Waals surface area (Å²) in [6, 6.07) is 0. The number of unbranched alkanes of at least 4 members (excludes halogenated alkanes) is 2. The van der Waals surface area contributed by atoms with Gasteiger partial charge in [-0.1, -0.05) is 0 Å². The summed E-state index contributed by atoms with van der Waals surface area (Å²) >= 11 is 0. The topological polar surface area (TPSA) is 49.8 Å². The molecule has 0 spiro atoms. The van der Waals surface area contributed by atoms with E-state index in [0.29, 0.717) is 6.61 Å². The van der Waals surface area contributed by atoms with Crippen LogP contribution in [0.1, 0.15) is 26.2 Å². The predicted octanol–water partition coefficient (Wildman–Crippen LogP) is 0.559. The summed E-state index contributed by atoms with van der Waals surface area (Å²) in [4.78, 5) is 15.7. The number of nitrogens with zero attached hydrogens (tertiary/aromatic N) is 1. The maximum Gasteiger partial charge on any atom is 0.242 e. The van der Waals surface area contributed by atoms with Gasteiger partial charge in [-0.25, -0.2) is 5.06 Å². The number of aliphatic hydroxyl groups is 1. The van der Waals surface area contributed by atoms with Gasteiger partial charge in [-0.15, -0.1) is 0 Å². The van der Waals surface area contributed by atoms with Crippen LogP contribution in [0.2, 0.25) is 0 Å². The van der Waals surface area contributed by atoms with Crippen molar-refractivity contribution in [2.75, 3.05) is 20.3 Å². The summed E-state index contributed by atoms with van der Waals surface area (Å²) in [6.45, 7) is 2.21. The SMILES string of the molecule is CC(=O)N(C)OCCCCCO. The second-order valence-corrected chi connectivity index (χ2v) is 2.63. The van der Waals surface area contributed by atoms with Gasteiger partial charge in [0.05, 0.1) is 6.61 Å². The van der Waals surface area contributed by atoms with E-state index in [1.54, 1.807) is 7.05 Å². The van der Waals surface area contributed by atoms with E-state index in [2.05, 4.69) is 0 Å². The van der Waals surface area contributed by atoms with E-state index in [4.69, 9.17) is 9.94 Å². The summed E-state index contributed by atoms with van der Waals surface area (Å²) in [5.41, 5.74) is 0. The zero-order valence-corrected chi connectivity index (χ0v) is 7.75. The molecule has 0 aliphatic rings. The lowest BCUT2D eigenvalue weighted by Gasteiger charge is -2.13. The van der Waals surface area contributed by atoms with Crippen molar-refractivity contribution in [3.63, 3.8) is 0 Å². The second kappa shape index (κ2) is 7.06. The Hall–Kier alpha value is -0.610. The first-order chi connectivity index (χ1) is 5.68. The lowest BCUT2D eigenvalue weighted by Crippen LogP contribution is -2.24. The molecule has 1 N–H and O–H groups in total. The normalized spacial score (nSPS) is 9.92. The highest BCUT2D eigenvalue weighted by molar-refractivity contribution is 5.71. The van der Waals surface area contributed by atoms with E-state index in [9.17, 15) is 4.79 Å². The molecule has 0 bridgehead atoms. The molecule has 0 unspecified atom stereocenters. The van der Waals surface area contributed by atoms with E-state index >= 15 is 0 Å². The minimum absolute atomic E-state index is 0.0999. The summed E-state index contributed by atoms with van der Waals surface area (Å²) in [5, 5.41) is 9.68. The third-order valence-electron chi connectivity index (χ3n) is 1.53. The number of hydrogen-bond donors (Lipinski definition) is 1. The number of amides is 1. The number of rotatable bonds is 6. The number of hydroxylamine groups is 2. The lowest BCUT2D eigenvalue weighted by atomic mass is 10.2. The van der Waals surface area contributed by atoms with Gasteiger partial charge in [0.15, 0.2) is 0 Å². The zero-order chi connectivity index (χ0) is 9.40. The fraction of sp³-hybridized carbons (Fsp3) is 0.875. The first kappa shape index (κ1) is 11.4. The zero-order valence-electron chi connectivity index (χ0n) is 7.75. The molecule has 72 valence electrons. The molecule has 0 aromatic carbocycles. The van der Waals surface area contributed by atoms with Gasteiger partial charge in [-0.2, -0.15) is 0 Å². The first-order valence-electron chi connectivity index (χ1n) is 4.16. The highest BCUT2D eigenvalue weighted by Gasteiger charge is 2.00. The molecule has 0 aromatic heterocycles. The van der Waals surface area contributed by atoms with Gasteiger partial charge >= 0.3 is 0 Å². The van der Waals surface area contributed by atoms with E-state index < -0.39 is 0 Å². The fourth-order valence-corrected chi connectivity index (χ4v) is 0.683. The van der Waals surface area contributed by atoms with Gasteiger partial charge in [0.25, 0.3) is 0 Å². The molecule has 0 saturated carbocycles. The Morgan fingerprint density at radius 2 is 2.08 bits per heavy atom. The van der Waals surface area contributed by atoms with Crippen LogP contribution in [-0.4, -0.2) is 36.3 Å². The van der Waals surface area contributed by atoms with Crippen LogP contribution >= 0.6 is 0 Å². The summed E-state index contributed by atoms with van der Waals surface area (Å²) < 4.78 is 0. The number of carbonyl (C=O) groups is 1. The van der Waals surface area contributed by atoms with Crippen LogP contribution in [0.3, 0.4) is 0 Å². The molecule has 0 atom stereocenters. The smallest absolute Gasteiger partial charge is 0.242 e. The van der Waals surface area contributed by atoms with E-state index in [1.165, 1.54) is 12.0 Å². The Bertz CT molecular complexity index is 127. The summed E-state index contributed by atoms with van der Waals surface area (Å²) in [7, 11) is 1.59. The standard InChI is InChI=1S/C8H17NO3/c1-8(11)9(2)12-7-5-3-4-6-10/h10H,3-7H2,1-2H3. The van der Waals surface area contributed by atoms with E-state index in [-0.39, 0.29) is 12.5 Å². The average Bonchev–Trinajstić information content (AvgIpc) is 2.03. The Morgan fingerprint density at radius 1 is 1.42 bits per heavy atom. The predicted molar refractivity (Wildman–Crippen MR) is 45.3 cm³/mol. The van der Waals surface area contributed by atoms with Crippen molar-refractivity contribution in [3.8, 4) is 0 Å². The van der Waals surface area contributed by atoms with Gasteiger partial charge < -0.3 is 5.11 Å². The fourth-order valence-electron chi connectivity index (χ4n) is 0.683. The summed E-state index contributed by atoms with van der Waals surface area (Å²) in [6.07, 6.45) is 2.60. The molecule has 0 fully saturated rings. The molecule has 12 heavy (non-hydrogen) atoms. The quantitative estimate of drug-likeness (QED) is 0.474. The van der Waals surface area contributed by atoms with Crippen molar-refractivity contribution < 1.29 is 14.7 Å². The Balaban J connectivity index is 3.14. The molecule has 0 radical (unpaired) electrons. The van der Waals surface area contributed by atoms with E-state index in [1.807, 2.05) is 0 Å². The lowest BCUT2D eigenvalue weighted by molar-refractivity contribution is -0.176. The highest BCUT2D eigenvalue weighted by Crippen LogP contribution is 1.96. The first-order valence-corrected chi connectivity index (χ1v) is 4.16. The molecular formula is C8H17NO3. The Morgan fingerprint density at radius 3 is 2.58 bits per heavy atom. The molecule has 0 saturated heterocycles. The monoisotopic (exact) mass is 175 g/mol. The molecule has 0 aliphatic heterocycles. The van der Waals surface area contributed by atoms with Crippen molar-refractivity contribution >= 4 is 5.91 Å². The average molecular weight is 175 g/mol. The minimum atomic E-state index is -0.0999. The molecule has 4 nitrogen and oxygen atoms in total. The largest absolute Gasteiger partial charge is 0.396 e. The maximum absolute atomic E-state index is 10.6. The van der Waals surface area contributed by atoms with Crippen LogP contribution in [0.4, 0.5) is 0 Å². The van der Waals surface area contributed by atoms with Crippen LogP contribution in [0.5, 0.6) is 0 Å². The molecule has 0 rings (SSSR count). The maximum atomic E-state index is 10.6. The van der Waals surface area contributed by atoms with E-state index in [0.717, 1.165) is 19.3 Å². The van der Waals surface area contributed by atoms with Gasteiger partial charge in [0.1, 0.15) is 0 Å². The molecular weight excluding hydrogens is 158 g/mol. The van der Waals surface area contributed by atoms with Crippen molar-refractivity contribution in [1.82, 2.24) is 5.06 Å². The molecule has 0 aliphatic carbocycles. The molecule has 0 aromatic rings. The van der Waals surface area contributed by atoms with Crippen molar-refractivity contribution in [1.29, 1.82) is 0 Å².